The summed E-state index contributed by atoms with van der Waals surface area (Å²) >= 11 is 0. The van der Waals surface area contributed by atoms with Crippen LogP contribution in [0.5, 0.6) is 0 Å². The van der Waals surface area contributed by atoms with Gasteiger partial charge in [-0.25, -0.2) is 13.4 Å². The third-order valence-corrected chi connectivity index (χ3v) is 3.85. The molecule has 2 heterocycles. The fourth-order valence-corrected chi connectivity index (χ4v) is 2.56. The molecule has 4 nitrogen and oxygen atoms in total. The van der Waals surface area contributed by atoms with E-state index in [-0.39, 0.29) is 10.8 Å². The zero-order valence-corrected chi connectivity index (χ0v) is 9.05. The molecule has 0 saturated carbocycles. The minimum Gasteiger partial charge on any atom is -0.307 e. The maximum atomic E-state index is 11.7. The highest BCUT2D eigenvalue weighted by Crippen LogP contribution is 2.16. The van der Waals surface area contributed by atoms with Crippen molar-refractivity contribution in [1.29, 1.82) is 0 Å². The van der Waals surface area contributed by atoms with E-state index < -0.39 is 9.84 Å². The zero-order chi connectivity index (χ0) is 10.9. The topological polar surface area (TPSA) is 59.1 Å². The molecule has 1 aromatic rings. The number of sulfone groups is 1. The van der Waals surface area contributed by atoms with Gasteiger partial charge in [-0.15, -0.1) is 6.58 Å². The minimum atomic E-state index is -3.29. The van der Waals surface area contributed by atoms with Gasteiger partial charge in [0.25, 0.3) is 0 Å². The number of hydrogen-bond donors (Lipinski definition) is 1. The van der Waals surface area contributed by atoms with Crippen molar-refractivity contribution >= 4 is 9.84 Å². The number of pyridine rings is 1. The summed E-state index contributed by atoms with van der Waals surface area (Å²) in [4.78, 5) is 4.15. The van der Waals surface area contributed by atoms with Gasteiger partial charge in [-0.1, -0.05) is 12.1 Å². The predicted octanol–water partition coefficient (Wildman–Crippen LogP) is 0.645. The van der Waals surface area contributed by atoms with Gasteiger partial charge >= 0.3 is 0 Å². The van der Waals surface area contributed by atoms with E-state index >= 15 is 0 Å². The first kappa shape index (κ1) is 10.3. The Morgan fingerprint density at radius 1 is 1.47 bits per heavy atom. The molecule has 0 aromatic carbocycles. The summed E-state index contributed by atoms with van der Waals surface area (Å²) in [5.74, 6) is -0.0633. The predicted molar refractivity (Wildman–Crippen MR) is 57.0 cm³/mol. The molecule has 0 fully saturated rings. The zero-order valence-electron chi connectivity index (χ0n) is 8.23. The van der Waals surface area contributed by atoms with E-state index in [1.54, 1.807) is 6.07 Å². The molecule has 0 amide bonds. The Balaban J connectivity index is 2.42. The van der Waals surface area contributed by atoms with Crippen molar-refractivity contribution in [1.82, 2.24) is 10.3 Å². The second-order valence-corrected chi connectivity index (χ2v) is 5.41. The number of nitrogens with zero attached hydrogens (tertiary/aromatic N) is 1. The average molecular weight is 224 g/mol. The highest BCUT2D eigenvalue weighted by molar-refractivity contribution is 7.91. The Bertz CT molecular complexity index is 494. The number of hydrogen-bond acceptors (Lipinski definition) is 4. The monoisotopic (exact) mass is 224 g/mol. The van der Waals surface area contributed by atoms with Crippen molar-refractivity contribution in [3.8, 4) is 0 Å². The van der Waals surface area contributed by atoms with Crippen molar-refractivity contribution in [2.45, 2.75) is 18.1 Å². The van der Waals surface area contributed by atoms with Crippen molar-refractivity contribution in [3.05, 3.63) is 36.0 Å². The van der Waals surface area contributed by atoms with Crippen molar-refractivity contribution in [2.24, 2.45) is 0 Å². The van der Waals surface area contributed by atoms with Crippen LogP contribution in [0.2, 0.25) is 0 Å². The third-order valence-electron chi connectivity index (χ3n) is 2.31. The van der Waals surface area contributed by atoms with Crippen LogP contribution in [-0.2, 0) is 22.9 Å². The Morgan fingerprint density at radius 3 is 3.00 bits per heavy atom. The van der Waals surface area contributed by atoms with E-state index in [1.807, 2.05) is 6.07 Å². The number of nitrogens with one attached hydrogen (secondary N) is 1. The summed E-state index contributed by atoms with van der Waals surface area (Å²) in [5.41, 5.74) is 1.91. The van der Waals surface area contributed by atoms with Crippen LogP contribution in [0.25, 0.3) is 0 Å². The summed E-state index contributed by atoms with van der Waals surface area (Å²) < 4.78 is 23.4. The van der Waals surface area contributed by atoms with Crippen molar-refractivity contribution in [2.75, 3.05) is 5.75 Å². The lowest BCUT2D eigenvalue weighted by molar-refractivity contribution is 0.594. The number of rotatable bonds is 3. The second kappa shape index (κ2) is 3.75. The molecule has 0 atom stereocenters. The molecule has 5 heteroatoms. The van der Waals surface area contributed by atoms with E-state index in [2.05, 4.69) is 16.9 Å². The van der Waals surface area contributed by atoms with Crippen LogP contribution in [0.15, 0.2) is 29.8 Å². The molecular formula is C10H12N2O2S. The highest BCUT2D eigenvalue weighted by Gasteiger charge is 2.18. The first-order chi connectivity index (χ1) is 7.13. The van der Waals surface area contributed by atoms with Crippen LogP contribution in [0.4, 0.5) is 0 Å². The molecule has 1 aliphatic rings. The van der Waals surface area contributed by atoms with Gasteiger partial charge in [0.05, 0.1) is 11.4 Å². The van der Waals surface area contributed by atoms with E-state index in [0.717, 1.165) is 17.8 Å². The highest BCUT2D eigenvalue weighted by atomic mass is 32.2. The van der Waals surface area contributed by atoms with Gasteiger partial charge in [0.2, 0.25) is 0 Å². The van der Waals surface area contributed by atoms with Gasteiger partial charge in [-0.3, -0.25) is 0 Å². The first-order valence-electron chi connectivity index (χ1n) is 4.66. The second-order valence-electron chi connectivity index (χ2n) is 3.43. The molecular weight excluding hydrogens is 212 g/mol. The summed E-state index contributed by atoms with van der Waals surface area (Å²) in [6, 6.07) is 3.38. The molecule has 0 radical (unpaired) electrons. The van der Waals surface area contributed by atoms with Gasteiger partial charge in [0.1, 0.15) is 0 Å². The van der Waals surface area contributed by atoms with Crippen LogP contribution in [0, 0.1) is 0 Å². The average Bonchev–Trinajstić information content (AvgIpc) is 2.63. The van der Waals surface area contributed by atoms with Crippen LogP contribution in [0.1, 0.15) is 11.3 Å². The van der Waals surface area contributed by atoms with Crippen LogP contribution in [-0.4, -0.2) is 19.2 Å². The van der Waals surface area contributed by atoms with E-state index in [1.165, 1.54) is 6.08 Å². The molecule has 0 saturated heterocycles. The lowest BCUT2D eigenvalue weighted by Crippen LogP contribution is -2.08. The van der Waals surface area contributed by atoms with E-state index in [9.17, 15) is 8.42 Å². The van der Waals surface area contributed by atoms with Gasteiger partial charge in [-0.05, 0) is 11.6 Å². The lowest BCUT2D eigenvalue weighted by atomic mass is 10.2. The number of fused-ring (bicyclic) bond motifs is 1. The Hall–Kier alpha value is -1.20. The summed E-state index contributed by atoms with van der Waals surface area (Å²) in [6.45, 7) is 4.84. The Kier molecular flexibility index (Phi) is 2.58. The summed E-state index contributed by atoms with van der Waals surface area (Å²) in [5, 5.41) is 3.26. The normalized spacial score (nSPS) is 14.9. The fraction of sp³-hybridized carbons (Fsp3) is 0.300. The van der Waals surface area contributed by atoms with Crippen molar-refractivity contribution < 1.29 is 8.42 Å². The molecule has 0 spiro atoms. The minimum absolute atomic E-state index is 0.0633. The molecule has 1 aromatic heterocycles. The SMILES string of the molecule is C=CCS(=O)(=O)c1ccc2c(n1)CNC2. The molecule has 0 unspecified atom stereocenters. The van der Waals surface area contributed by atoms with Crippen LogP contribution in [0.3, 0.4) is 0 Å². The molecule has 15 heavy (non-hydrogen) atoms. The third kappa shape index (κ3) is 1.93. The molecule has 0 aliphatic carbocycles. The van der Waals surface area contributed by atoms with Gasteiger partial charge in [-0.2, -0.15) is 0 Å². The maximum Gasteiger partial charge on any atom is 0.199 e. The first-order valence-corrected chi connectivity index (χ1v) is 6.32. The molecule has 1 aliphatic heterocycles. The fourth-order valence-electron chi connectivity index (χ4n) is 1.55. The van der Waals surface area contributed by atoms with Crippen molar-refractivity contribution in [3.63, 3.8) is 0 Å². The Labute approximate surface area is 89.0 Å². The lowest BCUT2D eigenvalue weighted by Gasteiger charge is -2.02. The quantitative estimate of drug-likeness (QED) is 0.766. The standard InChI is InChI=1S/C10H12N2O2S/c1-2-5-15(13,14)10-4-3-8-6-11-7-9(8)12-10/h2-4,11H,1,5-7H2. The van der Waals surface area contributed by atoms with Gasteiger partial charge < -0.3 is 5.32 Å². The van der Waals surface area contributed by atoms with E-state index in [0.29, 0.717) is 6.54 Å². The largest absolute Gasteiger partial charge is 0.307 e. The summed E-state index contributed by atoms with van der Waals surface area (Å²) in [6.07, 6.45) is 1.38. The summed E-state index contributed by atoms with van der Waals surface area (Å²) in [7, 11) is -3.29. The van der Waals surface area contributed by atoms with E-state index in [4.69, 9.17) is 0 Å². The van der Waals surface area contributed by atoms with Crippen LogP contribution < -0.4 is 5.32 Å². The molecule has 0 bridgehead atoms. The van der Waals surface area contributed by atoms with Gasteiger partial charge in [0, 0.05) is 13.1 Å². The molecule has 1 N–H and O–H groups in total. The van der Waals surface area contributed by atoms with Gasteiger partial charge in [0.15, 0.2) is 14.9 Å². The molecule has 80 valence electrons. The number of aromatic nitrogens is 1. The smallest absolute Gasteiger partial charge is 0.199 e. The molecule has 2 rings (SSSR count). The van der Waals surface area contributed by atoms with Crippen LogP contribution >= 0.6 is 0 Å². The maximum absolute atomic E-state index is 11.7. The Morgan fingerprint density at radius 2 is 2.27 bits per heavy atom.